The number of ether oxygens (including phenoxy) is 1. The smallest absolute Gasteiger partial charge is 0.259 e. The van der Waals surface area contributed by atoms with E-state index in [-0.39, 0.29) is 5.56 Å². The van der Waals surface area contributed by atoms with Crippen molar-refractivity contribution >= 4 is 27.5 Å². The molecule has 5 rings (SSSR count). The number of hydrogen-bond donors (Lipinski definition) is 1. The number of rotatable bonds is 7. The topological polar surface area (TPSA) is 92.1 Å². The molecule has 0 unspecified atom stereocenters. The standard InChI is InChI=1S/C26H22N4O3S/c1-17-28-13-14-29(17)15-16-33-20-9-7-19(8-10-20)30-22(31)12-11-21-23(18-5-3-2-4-6-18)24(25(27)32)34-26(21)30/h2-14H,15-16H2,1H3,(H2,27,32). The summed E-state index contributed by atoms with van der Waals surface area (Å²) in [6, 6.07) is 20.2. The fourth-order valence-electron chi connectivity index (χ4n) is 3.98. The van der Waals surface area contributed by atoms with Crippen molar-refractivity contribution in [2.75, 3.05) is 6.61 Å². The van der Waals surface area contributed by atoms with Gasteiger partial charge in [0.05, 0.1) is 12.2 Å². The van der Waals surface area contributed by atoms with Crippen LogP contribution in [0.4, 0.5) is 0 Å². The van der Waals surface area contributed by atoms with Crippen molar-refractivity contribution in [1.82, 2.24) is 14.1 Å². The third-order valence-corrected chi connectivity index (χ3v) is 6.85. The van der Waals surface area contributed by atoms with Crippen molar-refractivity contribution in [2.45, 2.75) is 13.5 Å². The first-order valence-electron chi connectivity index (χ1n) is 10.8. The van der Waals surface area contributed by atoms with E-state index < -0.39 is 5.91 Å². The molecule has 34 heavy (non-hydrogen) atoms. The second-order valence-corrected chi connectivity index (χ2v) is 8.77. The first kappa shape index (κ1) is 21.7. The van der Waals surface area contributed by atoms with Gasteiger partial charge in [0, 0.05) is 29.4 Å². The van der Waals surface area contributed by atoms with E-state index in [1.165, 1.54) is 17.4 Å². The molecule has 0 saturated heterocycles. The third kappa shape index (κ3) is 3.99. The summed E-state index contributed by atoms with van der Waals surface area (Å²) in [6.45, 7) is 3.14. The van der Waals surface area contributed by atoms with Crippen molar-refractivity contribution < 1.29 is 9.53 Å². The van der Waals surface area contributed by atoms with Gasteiger partial charge in [0.2, 0.25) is 0 Å². The third-order valence-electron chi connectivity index (χ3n) is 5.65. The van der Waals surface area contributed by atoms with Gasteiger partial charge in [-0.25, -0.2) is 4.98 Å². The van der Waals surface area contributed by atoms with Crippen molar-refractivity contribution in [1.29, 1.82) is 0 Å². The minimum Gasteiger partial charge on any atom is -0.492 e. The van der Waals surface area contributed by atoms with E-state index >= 15 is 0 Å². The molecule has 170 valence electrons. The van der Waals surface area contributed by atoms with Crippen LogP contribution in [-0.2, 0) is 6.54 Å². The van der Waals surface area contributed by atoms with Crippen LogP contribution >= 0.6 is 11.3 Å². The zero-order valence-corrected chi connectivity index (χ0v) is 19.3. The van der Waals surface area contributed by atoms with Crippen LogP contribution in [-0.4, -0.2) is 26.6 Å². The average Bonchev–Trinajstić information content (AvgIpc) is 3.44. The number of benzene rings is 2. The summed E-state index contributed by atoms with van der Waals surface area (Å²) in [5.41, 5.74) is 7.84. The molecular weight excluding hydrogens is 448 g/mol. The summed E-state index contributed by atoms with van der Waals surface area (Å²) in [4.78, 5) is 30.5. The van der Waals surface area contributed by atoms with E-state index in [9.17, 15) is 9.59 Å². The maximum atomic E-state index is 12.9. The number of nitrogens with zero attached hydrogens (tertiary/aromatic N) is 3. The summed E-state index contributed by atoms with van der Waals surface area (Å²) in [7, 11) is 0. The molecule has 0 saturated carbocycles. The molecule has 3 heterocycles. The Balaban J connectivity index is 1.50. The molecule has 0 radical (unpaired) electrons. The number of fused-ring (bicyclic) bond motifs is 1. The zero-order valence-electron chi connectivity index (χ0n) is 18.5. The number of pyridine rings is 1. The van der Waals surface area contributed by atoms with Gasteiger partial charge >= 0.3 is 0 Å². The minimum absolute atomic E-state index is 0.186. The highest BCUT2D eigenvalue weighted by Crippen LogP contribution is 2.38. The van der Waals surface area contributed by atoms with Crippen LogP contribution in [0.3, 0.4) is 0 Å². The Morgan fingerprint density at radius 2 is 1.82 bits per heavy atom. The number of primary amides is 1. The van der Waals surface area contributed by atoms with Gasteiger partial charge in [-0.05, 0) is 42.8 Å². The van der Waals surface area contributed by atoms with Crippen LogP contribution in [0.5, 0.6) is 5.75 Å². The van der Waals surface area contributed by atoms with Crippen molar-refractivity contribution in [2.24, 2.45) is 5.73 Å². The number of aromatic nitrogens is 3. The average molecular weight is 471 g/mol. The number of hydrogen-bond acceptors (Lipinski definition) is 5. The highest BCUT2D eigenvalue weighted by Gasteiger charge is 2.21. The quantitative estimate of drug-likeness (QED) is 0.382. The molecule has 5 aromatic rings. The Kier molecular flexibility index (Phi) is 5.73. The predicted octanol–water partition coefficient (Wildman–Crippen LogP) is 4.40. The van der Waals surface area contributed by atoms with Gasteiger partial charge in [-0.1, -0.05) is 30.3 Å². The zero-order chi connectivity index (χ0) is 23.7. The number of amides is 1. The number of carbonyl (C=O) groups excluding carboxylic acids is 1. The highest BCUT2D eigenvalue weighted by molar-refractivity contribution is 7.21. The molecular formula is C26H22N4O3S. The van der Waals surface area contributed by atoms with Crippen LogP contribution in [0.15, 0.2) is 83.9 Å². The second kappa shape index (κ2) is 8.99. The monoisotopic (exact) mass is 470 g/mol. The van der Waals surface area contributed by atoms with Crippen LogP contribution in [0, 0.1) is 6.92 Å². The maximum absolute atomic E-state index is 12.9. The van der Waals surface area contributed by atoms with Gasteiger partial charge in [0.1, 0.15) is 27.9 Å². The first-order chi connectivity index (χ1) is 16.5. The van der Waals surface area contributed by atoms with Crippen molar-refractivity contribution in [3.8, 4) is 22.6 Å². The van der Waals surface area contributed by atoms with Gasteiger partial charge in [0.25, 0.3) is 11.5 Å². The molecule has 0 fully saturated rings. The van der Waals surface area contributed by atoms with E-state index in [0.29, 0.717) is 34.3 Å². The summed E-state index contributed by atoms with van der Waals surface area (Å²) in [5.74, 6) is 1.12. The number of thiophene rings is 1. The molecule has 0 bridgehead atoms. The van der Waals surface area contributed by atoms with Gasteiger partial charge in [-0.2, -0.15) is 0 Å². The summed E-state index contributed by atoms with van der Waals surface area (Å²) >= 11 is 1.23. The van der Waals surface area contributed by atoms with E-state index in [2.05, 4.69) is 4.98 Å². The summed E-state index contributed by atoms with van der Waals surface area (Å²) in [6.07, 6.45) is 3.68. The van der Waals surface area contributed by atoms with Crippen molar-refractivity contribution in [3.63, 3.8) is 0 Å². The van der Waals surface area contributed by atoms with E-state index in [1.54, 1.807) is 16.8 Å². The van der Waals surface area contributed by atoms with Gasteiger partial charge in [-0.15, -0.1) is 11.3 Å². The lowest BCUT2D eigenvalue weighted by Crippen LogP contribution is -2.16. The minimum atomic E-state index is -0.518. The summed E-state index contributed by atoms with van der Waals surface area (Å²) < 4.78 is 9.49. The van der Waals surface area contributed by atoms with E-state index in [0.717, 1.165) is 22.3 Å². The largest absolute Gasteiger partial charge is 0.492 e. The molecule has 2 aromatic carbocycles. The van der Waals surface area contributed by atoms with Crippen LogP contribution in [0.25, 0.3) is 27.0 Å². The Morgan fingerprint density at radius 3 is 2.50 bits per heavy atom. The molecule has 3 aromatic heterocycles. The van der Waals surface area contributed by atoms with Crippen LogP contribution in [0.1, 0.15) is 15.5 Å². The Morgan fingerprint density at radius 1 is 1.06 bits per heavy atom. The van der Waals surface area contributed by atoms with Gasteiger partial charge < -0.3 is 15.0 Å². The fourth-order valence-corrected chi connectivity index (χ4v) is 5.18. The molecule has 1 amide bonds. The number of carbonyl (C=O) groups is 1. The Labute approximate surface area is 199 Å². The lowest BCUT2D eigenvalue weighted by Gasteiger charge is -2.11. The molecule has 0 aliphatic rings. The number of nitrogens with two attached hydrogens (primary N) is 1. The highest BCUT2D eigenvalue weighted by atomic mass is 32.1. The van der Waals surface area contributed by atoms with Gasteiger partial charge in [-0.3, -0.25) is 14.2 Å². The molecule has 0 atom stereocenters. The SMILES string of the molecule is Cc1nccn1CCOc1ccc(-n2c(=O)ccc3c(-c4ccccc4)c(C(N)=O)sc32)cc1. The molecule has 7 nitrogen and oxygen atoms in total. The lowest BCUT2D eigenvalue weighted by atomic mass is 10.0. The normalized spacial score (nSPS) is 11.1. The maximum Gasteiger partial charge on any atom is 0.259 e. The van der Waals surface area contributed by atoms with Crippen molar-refractivity contribution in [3.05, 3.63) is 100 Å². The Bertz CT molecular complexity index is 1530. The fraction of sp³-hybridized carbons (Fsp3) is 0.115. The molecule has 0 spiro atoms. The second-order valence-electron chi connectivity index (χ2n) is 7.77. The summed E-state index contributed by atoms with van der Waals surface area (Å²) in [5, 5.41) is 0.806. The van der Waals surface area contributed by atoms with Crippen LogP contribution in [0.2, 0.25) is 0 Å². The molecule has 8 heteroatoms. The molecule has 0 aliphatic carbocycles. The Hall–Kier alpha value is -4.17. The van der Waals surface area contributed by atoms with Gasteiger partial charge in [0.15, 0.2) is 0 Å². The molecule has 2 N–H and O–H groups in total. The van der Waals surface area contributed by atoms with E-state index in [1.807, 2.05) is 72.3 Å². The number of aryl methyl sites for hydroxylation is 1. The van der Waals surface area contributed by atoms with Crippen LogP contribution < -0.4 is 16.0 Å². The predicted molar refractivity (Wildman–Crippen MR) is 134 cm³/mol. The van der Waals surface area contributed by atoms with E-state index in [4.69, 9.17) is 10.5 Å². The number of imidazole rings is 1. The lowest BCUT2D eigenvalue weighted by molar-refractivity contribution is 0.100. The molecule has 0 aliphatic heterocycles. The first-order valence-corrected chi connectivity index (χ1v) is 11.6.